The van der Waals surface area contributed by atoms with Crippen molar-refractivity contribution in [3.63, 3.8) is 0 Å². The molecule has 0 unspecified atom stereocenters. The number of ketones is 1. The summed E-state index contributed by atoms with van der Waals surface area (Å²) >= 11 is 0. The van der Waals surface area contributed by atoms with E-state index in [0.29, 0.717) is 19.3 Å². The second-order valence-corrected chi connectivity index (χ2v) is 13.7. The minimum Gasteiger partial charge on any atom is -0.458 e. The summed E-state index contributed by atoms with van der Waals surface area (Å²) in [6.45, 7) is 5.53. The highest BCUT2D eigenvalue weighted by Crippen LogP contribution is 2.85. The van der Waals surface area contributed by atoms with Crippen LogP contribution < -0.4 is 0 Å². The molecule has 0 aromatic heterocycles. The zero-order chi connectivity index (χ0) is 25.8. The number of ether oxygens (including phenoxy) is 4. The van der Waals surface area contributed by atoms with Crippen LogP contribution in [0.1, 0.15) is 46.5 Å². The van der Waals surface area contributed by atoms with Crippen molar-refractivity contribution in [1.29, 1.82) is 0 Å². The number of fused-ring (bicyclic) bond motifs is 6. The number of carbonyl (C=O) groups is 3. The third-order valence-electron chi connectivity index (χ3n) is 12.9. The van der Waals surface area contributed by atoms with Gasteiger partial charge >= 0.3 is 11.9 Å². The van der Waals surface area contributed by atoms with E-state index in [1.54, 1.807) is 13.0 Å². The van der Waals surface area contributed by atoms with Gasteiger partial charge in [0, 0.05) is 17.8 Å². The highest BCUT2D eigenvalue weighted by molar-refractivity contribution is 5.99. The van der Waals surface area contributed by atoms with Gasteiger partial charge < -0.3 is 29.2 Å². The molecule has 0 aromatic rings. The zero-order valence-corrected chi connectivity index (χ0v) is 21.0. The van der Waals surface area contributed by atoms with Crippen LogP contribution in [0.15, 0.2) is 23.8 Å². The van der Waals surface area contributed by atoms with Crippen LogP contribution >= 0.6 is 0 Å². The molecule has 6 bridgehead atoms. The van der Waals surface area contributed by atoms with E-state index in [0.717, 1.165) is 5.57 Å². The summed E-state index contributed by atoms with van der Waals surface area (Å²) in [5.41, 5.74) is -7.71. The largest absolute Gasteiger partial charge is 0.458 e. The molecule has 1 spiro atoms. The molecule has 9 aliphatic rings. The van der Waals surface area contributed by atoms with Crippen molar-refractivity contribution >= 4 is 17.7 Å². The molecule has 7 fully saturated rings. The molecule has 4 saturated heterocycles. The molecule has 3 saturated carbocycles. The molecule has 0 amide bonds. The predicted molar refractivity (Wildman–Crippen MR) is 121 cm³/mol. The van der Waals surface area contributed by atoms with Crippen LogP contribution in [-0.4, -0.2) is 68.8 Å². The quantitative estimate of drug-likeness (QED) is 0.362. The maximum absolute atomic E-state index is 13.7. The van der Waals surface area contributed by atoms with E-state index in [4.69, 9.17) is 18.9 Å². The number of hydrogen-bond acceptors (Lipinski definition) is 9. The Hall–Kier alpha value is -2.07. The van der Waals surface area contributed by atoms with Crippen LogP contribution in [0.25, 0.3) is 0 Å². The van der Waals surface area contributed by atoms with Crippen molar-refractivity contribution in [2.75, 3.05) is 6.61 Å². The topological polar surface area (TPSA) is 129 Å². The van der Waals surface area contributed by atoms with E-state index in [2.05, 4.69) is 6.08 Å². The lowest BCUT2D eigenvalue weighted by atomic mass is 9.39. The first-order valence-electron chi connectivity index (χ1n) is 13.5. The van der Waals surface area contributed by atoms with E-state index < -0.39 is 86.7 Å². The van der Waals surface area contributed by atoms with E-state index in [9.17, 15) is 24.6 Å². The van der Waals surface area contributed by atoms with Crippen LogP contribution in [0.4, 0.5) is 0 Å². The summed E-state index contributed by atoms with van der Waals surface area (Å²) in [7, 11) is 0. The average Bonchev–Trinajstić information content (AvgIpc) is 3.21. The molecule has 5 aliphatic carbocycles. The van der Waals surface area contributed by atoms with E-state index >= 15 is 0 Å². The van der Waals surface area contributed by atoms with Gasteiger partial charge in [-0.15, -0.1) is 0 Å². The zero-order valence-electron chi connectivity index (χ0n) is 21.0. The summed E-state index contributed by atoms with van der Waals surface area (Å²) in [6.07, 6.45) is 6.15. The Morgan fingerprint density at radius 2 is 1.84 bits per heavy atom. The Kier molecular flexibility index (Phi) is 3.23. The fourth-order valence-electron chi connectivity index (χ4n) is 11.6. The first-order valence-corrected chi connectivity index (χ1v) is 13.5. The highest BCUT2D eigenvalue weighted by Gasteiger charge is 3.01. The molecule has 9 rings (SSSR count). The fraction of sp³-hybridized carbons (Fsp3) is 0.750. The standard InChI is InChI=1S/C28H30O9/c1-22-10-17-24(3)27-20(22)26(33)14(9-25(27,32)21(31)36-24)18-13(8-7-12-5-4-6-16(29)23(12,18)2)28(26,37-27)34-11-15(22)19(30)35-17/h4,6-7,13-15,17-18,20,32-33H,5,8-11H2,1-3H3/t13-,14-,15+,17-,18-,20-,22-,23-,24+,25-,26-,27+,28-/m1/s1. The number of rotatable bonds is 0. The lowest BCUT2D eigenvalue weighted by Crippen LogP contribution is -2.82. The Morgan fingerprint density at radius 3 is 2.62 bits per heavy atom. The molecule has 4 heterocycles. The van der Waals surface area contributed by atoms with Gasteiger partial charge in [0.2, 0.25) is 5.79 Å². The third kappa shape index (κ3) is 1.65. The second kappa shape index (κ2) is 5.48. The Bertz CT molecular complexity index is 1340. The molecule has 0 aromatic carbocycles. The molecule has 9 heteroatoms. The van der Waals surface area contributed by atoms with E-state index in [1.165, 1.54) is 0 Å². The molecule has 196 valence electrons. The van der Waals surface area contributed by atoms with Gasteiger partial charge in [0.05, 0.1) is 17.9 Å². The molecule has 4 aliphatic heterocycles. The summed E-state index contributed by atoms with van der Waals surface area (Å²) < 4.78 is 25.6. The van der Waals surface area contributed by atoms with Gasteiger partial charge in [-0.1, -0.05) is 24.6 Å². The number of carbonyl (C=O) groups excluding carboxylic acids is 3. The number of hydrogen-bond donors (Lipinski definition) is 2. The first kappa shape index (κ1) is 21.8. The van der Waals surface area contributed by atoms with Crippen molar-refractivity contribution in [2.24, 2.45) is 40.4 Å². The van der Waals surface area contributed by atoms with Crippen molar-refractivity contribution in [3.05, 3.63) is 23.8 Å². The van der Waals surface area contributed by atoms with Gasteiger partial charge in [0.1, 0.15) is 11.7 Å². The summed E-state index contributed by atoms with van der Waals surface area (Å²) in [6, 6.07) is 0. The molecule has 0 radical (unpaired) electrons. The van der Waals surface area contributed by atoms with Crippen LogP contribution in [0, 0.1) is 40.4 Å². The molecule has 13 atom stereocenters. The minimum absolute atomic E-state index is 0.00202. The monoisotopic (exact) mass is 510 g/mol. The fourth-order valence-corrected chi connectivity index (χ4v) is 11.6. The number of allylic oxidation sites excluding steroid dienone is 4. The maximum Gasteiger partial charge on any atom is 0.342 e. The van der Waals surface area contributed by atoms with Crippen molar-refractivity contribution < 1.29 is 43.5 Å². The van der Waals surface area contributed by atoms with E-state index in [1.807, 2.05) is 19.9 Å². The van der Waals surface area contributed by atoms with Crippen molar-refractivity contribution in [1.82, 2.24) is 0 Å². The highest BCUT2D eigenvalue weighted by atomic mass is 16.8. The minimum atomic E-state index is -2.09. The molecule has 37 heavy (non-hydrogen) atoms. The van der Waals surface area contributed by atoms with Gasteiger partial charge in [-0.05, 0) is 56.9 Å². The van der Waals surface area contributed by atoms with Crippen LogP contribution in [0.2, 0.25) is 0 Å². The Balaban J connectivity index is 1.39. The number of esters is 2. The summed E-state index contributed by atoms with van der Waals surface area (Å²) in [5, 5.41) is 25.7. The molecule has 9 nitrogen and oxygen atoms in total. The Labute approximate surface area is 213 Å². The van der Waals surface area contributed by atoms with Crippen molar-refractivity contribution in [2.45, 2.75) is 80.7 Å². The van der Waals surface area contributed by atoms with E-state index in [-0.39, 0.29) is 18.8 Å². The SMILES string of the molecule is C[C@]12C(=O)C=CCC1=CC[C@@H]1[C@@H]2[C@H]2C[C@@]3(O)C(=O)O[C@@]4(C)[C@H]5C[C@@]6(C)[C@@H]7[C@@]2(O)[C@]1(OC[C@H]6C(=O)O5)O[C@]734. The normalized spacial score (nSPS) is 65.0. The summed E-state index contributed by atoms with van der Waals surface area (Å²) in [5.74, 6) is -5.97. The number of aliphatic hydroxyl groups is 2. The van der Waals surface area contributed by atoms with Gasteiger partial charge in [0.15, 0.2) is 22.6 Å². The lowest BCUT2D eigenvalue weighted by Gasteiger charge is -2.66. The second-order valence-electron chi connectivity index (χ2n) is 13.7. The first-order chi connectivity index (χ1) is 17.4. The van der Waals surface area contributed by atoms with Gasteiger partial charge in [0.25, 0.3) is 0 Å². The lowest BCUT2D eigenvalue weighted by molar-refractivity contribution is -0.372. The van der Waals surface area contributed by atoms with Crippen LogP contribution in [0.3, 0.4) is 0 Å². The van der Waals surface area contributed by atoms with Crippen molar-refractivity contribution in [3.8, 4) is 0 Å². The molecule has 2 N–H and O–H groups in total. The van der Waals surface area contributed by atoms with Gasteiger partial charge in [-0.25, -0.2) is 4.79 Å². The molecular weight excluding hydrogens is 480 g/mol. The predicted octanol–water partition coefficient (Wildman–Crippen LogP) is 0.959. The van der Waals surface area contributed by atoms with Crippen LogP contribution in [0.5, 0.6) is 0 Å². The Morgan fingerprint density at radius 1 is 1.05 bits per heavy atom. The summed E-state index contributed by atoms with van der Waals surface area (Å²) in [4.78, 5) is 40.7. The smallest absolute Gasteiger partial charge is 0.342 e. The van der Waals surface area contributed by atoms with Crippen LogP contribution in [-0.2, 0) is 33.3 Å². The van der Waals surface area contributed by atoms with Gasteiger partial charge in [-0.2, -0.15) is 0 Å². The van der Waals surface area contributed by atoms with Gasteiger partial charge in [-0.3, -0.25) is 9.59 Å². The average molecular weight is 511 g/mol. The maximum atomic E-state index is 13.7. The molecular formula is C28H30O9. The third-order valence-corrected chi connectivity index (χ3v) is 12.9.